The van der Waals surface area contributed by atoms with E-state index in [1.54, 1.807) is 19.1 Å². The average Bonchev–Trinajstić information content (AvgIpc) is 3.99. The van der Waals surface area contributed by atoms with Crippen LogP contribution in [-0.2, 0) is 49.6 Å². The molecule has 0 bridgehead atoms. The molecule has 3 fully saturated rings. The maximum Gasteiger partial charge on any atom is 0.249 e. The number of imide groups is 1. The van der Waals surface area contributed by atoms with Crippen molar-refractivity contribution in [3.05, 3.63) is 29.8 Å². The molecule has 4 rings (SSSR count). The summed E-state index contributed by atoms with van der Waals surface area (Å²) in [6.07, 6.45) is 6.35. The van der Waals surface area contributed by atoms with Crippen LogP contribution in [0.4, 0.5) is 0 Å². The standard InChI is InChI=1S/C45H69N9O10S2/c1-7-27(4)38-43(62)49-32(23-28-12-14-29(55)15-13-28)40(59)50-33(22-26(2)3)45(64)54-19-8-10-34(54)41(60)48-31(17-21-66-6)44(63)53-18-9-11-35(53)42(61)52-37(57)24-46-30(16-20-65-5)39(58)47-25-36(56)51-38/h12-15,26-27,30-35,38,46,55H,7-11,16-25H2,1-6H3,(H,47,58)(H,48,60)(H,49,62)(H,50,59)(H,51,56)(H,52,57,61)/t27-,30-,31-,32-,33-,34-,35-,38-/m0/s1. The van der Waals surface area contributed by atoms with Crippen LogP contribution < -0.4 is 37.2 Å². The van der Waals surface area contributed by atoms with E-state index in [9.17, 15) is 48.3 Å². The highest BCUT2D eigenvalue weighted by Gasteiger charge is 2.42. The minimum atomic E-state index is -1.27. The highest BCUT2D eigenvalue weighted by molar-refractivity contribution is 7.98. The Hall–Kier alpha value is -4.89. The van der Waals surface area contributed by atoms with E-state index < -0.39 is 114 Å². The van der Waals surface area contributed by atoms with Crippen molar-refractivity contribution in [2.24, 2.45) is 11.8 Å². The third-order valence-electron chi connectivity index (χ3n) is 12.2. The molecule has 3 heterocycles. The number of phenols is 1. The number of carbonyl (C=O) groups excluding carboxylic acids is 9. The van der Waals surface area contributed by atoms with E-state index in [0.29, 0.717) is 42.8 Å². The quantitative estimate of drug-likeness (QED) is 0.130. The number of fused-ring (bicyclic) bond motifs is 2. The lowest BCUT2D eigenvalue weighted by molar-refractivity contribution is -0.145. The van der Waals surface area contributed by atoms with Gasteiger partial charge in [-0.1, -0.05) is 46.2 Å². The predicted molar refractivity (Wildman–Crippen MR) is 252 cm³/mol. The second-order valence-electron chi connectivity index (χ2n) is 17.6. The maximum absolute atomic E-state index is 14.5. The molecule has 0 spiro atoms. The molecular weight excluding hydrogens is 891 g/mol. The number of nitrogens with zero attached hydrogens (tertiary/aromatic N) is 2. The van der Waals surface area contributed by atoms with Gasteiger partial charge in [0.1, 0.15) is 42.0 Å². The van der Waals surface area contributed by atoms with Gasteiger partial charge in [0.2, 0.25) is 53.2 Å². The molecule has 0 saturated carbocycles. The van der Waals surface area contributed by atoms with E-state index in [4.69, 9.17) is 0 Å². The Labute approximate surface area is 396 Å². The third kappa shape index (κ3) is 15.6. The van der Waals surface area contributed by atoms with Gasteiger partial charge >= 0.3 is 0 Å². The molecule has 366 valence electrons. The normalized spacial score (nSPS) is 26.7. The van der Waals surface area contributed by atoms with Crippen LogP contribution in [0.25, 0.3) is 0 Å². The summed E-state index contributed by atoms with van der Waals surface area (Å²) in [5, 5.41) is 29.0. The molecular formula is C45H69N9O10S2. The molecule has 0 aromatic heterocycles. The molecule has 1 aromatic rings. The molecule has 8 atom stereocenters. The molecule has 3 aliphatic rings. The summed E-state index contributed by atoms with van der Waals surface area (Å²) in [4.78, 5) is 128. The van der Waals surface area contributed by atoms with Gasteiger partial charge in [0, 0.05) is 19.5 Å². The topological polar surface area (TPSA) is 265 Å². The maximum atomic E-state index is 14.5. The van der Waals surface area contributed by atoms with E-state index >= 15 is 0 Å². The van der Waals surface area contributed by atoms with Gasteiger partial charge in [-0.3, -0.25) is 53.8 Å². The summed E-state index contributed by atoms with van der Waals surface area (Å²) in [5.74, 6) is -5.16. The van der Waals surface area contributed by atoms with Crippen LogP contribution in [0.1, 0.15) is 84.6 Å². The first-order valence-electron chi connectivity index (χ1n) is 22.9. The number of thioether (sulfide) groups is 2. The monoisotopic (exact) mass is 959 g/mol. The van der Waals surface area contributed by atoms with Gasteiger partial charge in [-0.25, -0.2) is 0 Å². The molecule has 21 heteroatoms. The Morgan fingerprint density at radius 1 is 0.652 bits per heavy atom. The first-order chi connectivity index (χ1) is 31.5. The van der Waals surface area contributed by atoms with Crippen molar-refractivity contribution < 1.29 is 48.3 Å². The van der Waals surface area contributed by atoms with Crippen molar-refractivity contribution in [3.63, 3.8) is 0 Å². The van der Waals surface area contributed by atoms with Crippen molar-refractivity contribution >= 4 is 76.7 Å². The molecule has 3 aliphatic heterocycles. The number of rotatable bonds is 12. The Kier molecular flexibility index (Phi) is 21.5. The molecule has 66 heavy (non-hydrogen) atoms. The molecule has 9 amide bonds. The number of phenolic OH excluding ortho intramolecular Hbond substituents is 1. The van der Waals surface area contributed by atoms with Gasteiger partial charge in [-0.2, -0.15) is 23.5 Å². The van der Waals surface area contributed by atoms with Crippen molar-refractivity contribution in [1.29, 1.82) is 0 Å². The fraction of sp³-hybridized carbons (Fsp3) is 0.667. The molecule has 3 saturated heterocycles. The molecule has 1 aromatic carbocycles. The van der Waals surface area contributed by atoms with Gasteiger partial charge in [-0.15, -0.1) is 0 Å². The van der Waals surface area contributed by atoms with E-state index in [1.165, 1.54) is 45.5 Å². The van der Waals surface area contributed by atoms with Gasteiger partial charge in [0.05, 0.1) is 19.1 Å². The zero-order valence-corrected chi connectivity index (χ0v) is 40.6. The van der Waals surface area contributed by atoms with Gasteiger partial charge in [0.15, 0.2) is 0 Å². The van der Waals surface area contributed by atoms with E-state index in [0.717, 1.165) is 0 Å². The SMILES string of the molecule is CC[C@H](C)[C@@H]1NC(=O)CNC(=O)[C@H](CCSC)NCC(=O)NC(=O)[C@@H]2CCCN2C(=O)[C@H](CCSC)NC(=O)[C@@H]2CCCN2C(=O)[C@H](CC(C)C)NC(=O)[C@H](Cc2ccc(O)cc2)NC1=O. The van der Waals surface area contributed by atoms with Crippen LogP contribution in [0, 0.1) is 11.8 Å². The largest absolute Gasteiger partial charge is 0.508 e. The number of amides is 9. The zero-order valence-electron chi connectivity index (χ0n) is 38.9. The molecule has 0 radical (unpaired) electrons. The Bertz CT molecular complexity index is 1890. The molecule has 0 aliphatic carbocycles. The zero-order chi connectivity index (χ0) is 48.5. The van der Waals surface area contributed by atoms with Crippen molar-refractivity contribution in [3.8, 4) is 5.75 Å². The van der Waals surface area contributed by atoms with Crippen molar-refractivity contribution in [2.75, 3.05) is 50.2 Å². The summed E-state index contributed by atoms with van der Waals surface area (Å²) < 4.78 is 0. The first kappa shape index (κ1) is 53.7. The average molecular weight is 960 g/mol. The van der Waals surface area contributed by atoms with Crippen LogP contribution in [0.15, 0.2) is 24.3 Å². The summed E-state index contributed by atoms with van der Waals surface area (Å²) in [5.41, 5.74) is 0.579. The second kappa shape index (κ2) is 26.4. The number of hydrogen-bond donors (Lipinski definition) is 8. The Balaban J connectivity index is 1.72. The summed E-state index contributed by atoms with van der Waals surface area (Å²) in [6, 6.07) is -1.38. The number of aromatic hydroxyl groups is 1. The number of nitrogens with one attached hydrogen (secondary N) is 7. The lowest BCUT2D eigenvalue weighted by atomic mass is 9.96. The van der Waals surface area contributed by atoms with Crippen LogP contribution in [-0.4, -0.2) is 161 Å². The summed E-state index contributed by atoms with van der Waals surface area (Å²) in [7, 11) is 0. The smallest absolute Gasteiger partial charge is 0.249 e. The van der Waals surface area contributed by atoms with Gasteiger partial charge in [0.25, 0.3) is 0 Å². The van der Waals surface area contributed by atoms with Crippen LogP contribution in [0.2, 0.25) is 0 Å². The lowest BCUT2D eigenvalue weighted by Gasteiger charge is -2.32. The van der Waals surface area contributed by atoms with E-state index in [2.05, 4.69) is 37.2 Å². The first-order valence-corrected chi connectivity index (χ1v) is 25.7. The minimum Gasteiger partial charge on any atom is -0.508 e. The van der Waals surface area contributed by atoms with Gasteiger partial charge < -0.3 is 41.5 Å². The van der Waals surface area contributed by atoms with E-state index in [-0.39, 0.29) is 56.9 Å². The fourth-order valence-electron chi connectivity index (χ4n) is 8.33. The van der Waals surface area contributed by atoms with Gasteiger partial charge in [-0.05, 0) is 98.5 Å². The second-order valence-corrected chi connectivity index (χ2v) is 19.6. The van der Waals surface area contributed by atoms with Crippen LogP contribution in [0.5, 0.6) is 5.75 Å². The highest BCUT2D eigenvalue weighted by atomic mass is 32.2. The molecule has 19 nitrogen and oxygen atoms in total. The fourth-order valence-corrected chi connectivity index (χ4v) is 9.27. The highest BCUT2D eigenvalue weighted by Crippen LogP contribution is 2.24. The lowest BCUT2D eigenvalue weighted by Crippen LogP contribution is -2.60. The minimum absolute atomic E-state index is 0.00641. The predicted octanol–water partition coefficient (Wildman–Crippen LogP) is 0.185. The number of hydrogen-bond acceptors (Lipinski definition) is 13. The Morgan fingerprint density at radius 2 is 1.21 bits per heavy atom. The summed E-state index contributed by atoms with van der Waals surface area (Å²) >= 11 is 2.94. The molecule has 0 unspecified atom stereocenters. The number of carbonyl (C=O) groups is 9. The van der Waals surface area contributed by atoms with Crippen LogP contribution in [0.3, 0.4) is 0 Å². The summed E-state index contributed by atoms with van der Waals surface area (Å²) in [6.45, 7) is 6.83. The van der Waals surface area contributed by atoms with Crippen molar-refractivity contribution in [1.82, 2.24) is 47.0 Å². The van der Waals surface area contributed by atoms with E-state index in [1.807, 2.05) is 33.3 Å². The number of benzene rings is 1. The Morgan fingerprint density at radius 3 is 1.80 bits per heavy atom. The van der Waals surface area contributed by atoms with Crippen molar-refractivity contribution in [2.45, 2.75) is 128 Å². The molecule has 8 N–H and O–H groups in total. The third-order valence-corrected chi connectivity index (χ3v) is 13.5. The van der Waals surface area contributed by atoms with Crippen LogP contribution >= 0.6 is 23.5 Å².